The van der Waals surface area contributed by atoms with E-state index in [1.807, 2.05) is 42.3 Å². The summed E-state index contributed by atoms with van der Waals surface area (Å²) in [6.07, 6.45) is 5.32. The summed E-state index contributed by atoms with van der Waals surface area (Å²) < 4.78 is 5.41. The monoisotopic (exact) mass is 399 g/mol. The van der Waals surface area contributed by atoms with Crippen molar-refractivity contribution in [3.05, 3.63) is 58.4 Å². The predicted molar refractivity (Wildman–Crippen MR) is 108 cm³/mol. The first-order chi connectivity index (χ1) is 13.1. The van der Waals surface area contributed by atoms with Gasteiger partial charge in [0.05, 0.1) is 17.5 Å². The summed E-state index contributed by atoms with van der Waals surface area (Å²) in [5, 5.41) is 1.34. The molecule has 5 nitrogen and oxygen atoms in total. The third-order valence-electron chi connectivity index (χ3n) is 4.61. The Morgan fingerprint density at radius 1 is 1.30 bits per heavy atom. The zero-order chi connectivity index (χ0) is 19.0. The van der Waals surface area contributed by atoms with E-state index >= 15 is 0 Å². The number of fused-ring (bicyclic) bond motifs is 1. The summed E-state index contributed by atoms with van der Waals surface area (Å²) in [4.78, 5) is 24.3. The van der Waals surface area contributed by atoms with Crippen molar-refractivity contribution in [1.29, 1.82) is 0 Å². The Balaban J connectivity index is 1.77. The zero-order valence-corrected chi connectivity index (χ0v) is 16.6. The number of halogens is 1. The van der Waals surface area contributed by atoms with Crippen molar-refractivity contribution in [3.8, 4) is 11.6 Å². The van der Waals surface area contributed by atoms with Crippen molar-refractivity contribution >= 4 is 35.0 Å². The number of hydrogen-bond acceptors (Lipinski definition) is 5. The van der Waals surface area contributed by atoms with E-state index in [-0.39, 0.29) is 5.91 Å². The normalized spacial score (nSPS) is 13.5. The van der Waals surface area contributed by atoms with Gasteiger partial charge in [-0.3, -0.25) is 4.79 Å². The standard InChI is InChI=1S/C20H18ClN3O2S/c1-12-17(19(27-2)23-18(22-12)16-6-4-10-26-16)20(25)24-9-3-5-13-11-14(21)7-8-15(13)24/h4,6-8,10-11H,3,5,9H2,1-2H3. The van der Waals surface area contributed by atoms with Gasteiger partial charge in [-0.15, -0.1) is 11.8 Å². The fourth-order valence-corrected chi connectivity index (χ4v) is 4.18. The molecule has 3 aromatic rings. The highest BCUT2D eigenvalue weighted by Gasteiger charge is 2.28. The van der Waals surface area contributed by atoms with E-state index in [4.69, 9.17) is 16.0 Å². The van der Waals surface area contributed by atoms with E-state index in [9.17, 15) is 4.79 Å². The van der Waals surface area contributed by atoms with Gasteiger partial charge in [-0.2, -0.15) is 0 Å². The molecule has 1 aliphatic heterocycles. The van der Waals surface area contributed by atoms with Gasteiger partial charge in [0.25, 0.3) is 5.91 Å². The molecule has 1 amide bonds. The lowest BCUT2D eigenvalue weighted by Crippen LogP contribution is -2.36. The minimum atomic E-state index is -0.0777. The van der Waals surface area contributed by atoms with Crippen molar-refractivity contribution < 1.29 is 9.21 Å². The number of furan rings is 1. The van der Waals surface area contributed by atoms with Crippen molar-refractivity contribution in [2.24, 2.45) is 0 Å². The number of benzene rings is 1. The largest absolute Gasteiger partial charge is 0.461 e. The van der Waals surface area contributed by atoms with E-state index in [1.54, 1.807) is 12.3 Å². The number of hydrogen-bond donors (Lipinski definition) is 0. The second kappa shape index (κ2) is 7.37. The molecule has 138 valence electrons. The summed E-state index contributed by atoms with van der Waals surface area (Å²) in [5.74, 6) is 1.00. The Kier molecular flexibility index (Phi) is 4.93. The van der Waals surface area contributed by atoms with Gasteiger partial charge in [-0.1, -0.05) is 11.6 Å². The molecule has 0 saturated heterocycles. The van der Waals surface area contributed by atoms with Gasteiger partial charge in [0, 0.05) is 17.3 Å². The van der Waals surface area contributed by atoms with Crippen molar-refractivity contribution in [2.45, 2.75) is 24.8 Å². The van der Waals surface area contributed by atoms with Crippen LogP contribution in [0.25, 0.3) is 11.6 Å². The van der Waals surface area contributed by atoms with Gasteiger partial charge in [-0.25, -0.2) is 9.97 Å². The number of carbonyl (C=O) groups is 1. The number of anilines is 1. The van der Waals surface area contributed by atoms with E-state index in [1.165, 1.54) is 11.8 Å². The minimum Gasteiger partial charge on any atom is -0.461 e. The molecule has 0 radical (unpaired) electrons. The second-order valence-electron chi connectivity index (χ2n) is 6.33. The van der Waals surface area contributed by atoms with E-state index in [0.717, 1.165) is 24.1 Å². The number of carbonyl (C=O) groups excluding carboxylic acids is 1. The van der Waals surface area contributed by atoms with Crippen LogP contribution in [-0.4, -0.2) is 28.7 Å². The molecule has 27 heavy (non-hydrogen) atoms. The van der Waals surface area contributed by atoms with Gasteiger partial charge in [0.15, 0.2) is 11.6 Å². The van der Waals surface area contributed by atoms with Gasteiger partial charge >= 0.3 is 0 Å². The van der Waals surface area contributed by atoms with Crippen LogP contribution in [0.4, 0.5) is 5.69 Å². The van der Waals surface area contributed by atoms with Gasteiger partial charge in [-0.05, 0) is 61.9 Å². The Hall–Kier alpha value is -2.31. The molecule has 0 atom stereocenters. The number of amides is 1. The van der Waals surface area contributed by atoms with Crippen molar-refractivity contribution in [1.82, 2.24) is 9.97 Å². The number of nitrogens with zero attached hydrogens (tertiary/aromatic N) is 3. The highest BCUT2D eigenvalue weighted by atomic mass is 35.5. The number of aromatic nitrogens is 2. The van der Waals surface area contributed by atoms with Gasteiger partial charge in [0.2, 0.25) is 0 Å². The molecule has 7 heteroatoms. The number of thioether (sulfide) groups is 1. The van der Waals surface area contributed by atoms with Crippen LogP contribution in [0.15, 0.2) is 46.0 Å². The molecular weight excluding hydrogens is 382 g/mol. The molecule has 0 N–H and O–H groups in total. The molecule has 0 bridgehead atoms. The molecule has 0 aliphatic carbocycles. The Bertz CT molecular complexity index is 1000. The summed E-state index contributed by atoms with van der Waals surface area (Å²) in [6, 6.07) is 9.29. The molecule has 2 aromatic heterocycles. The van der Waals surface area contributed by atoms with Crippen LogP contribution in [0.1, 0.15) is 28.0 Å². The smallest absolute Gasteiger partial charge is 0.262 e. The second-order valence-corrected chi connectivity index (χ2v) is 7.56. The molecular formula is C20H18ClN3O2S. The third-order valence-corrected chi connectivity index (χ3v) is 5.53. The zero-order valence-electron chi connectivity index (χ0n) is 15.0. The predicted octanol–water partition coefficient (Wildman–Crippen LogP) is 5.01. The lowest BCUT2D eigenvalue weighted by atomic mass is 10.0. The average molecular weight is 400 g/mol. The van der Waals surface area contributed by atoms with Crippen molar-refractivity contribution in [2.75, 3.05) is 17.7 Å². The Morgan fingerprint density at radius 3 is 2.89 bits per heavy atom. The first kappa shape index (κ1) is 18.1. The fourth-order valence-electron chi connectivity index (χ4n) is 3.37. The van der Waals surface area contributed by atoms with Crippen LogP contribution >= 0.6 is 23.4 Å². The molecule has 4 rings (SSSR count). The quantitative estimate of drug-likeness (QED) is 0.457. The first-order valence-electron chi connectivity index (χ1n) is 8.65. The van der Waals surface area contributed by atoms with Crippen LogP contribution in [0.3, 0.4) is 0 Å². The van der Waals surface area contributed by atoms with E-state index in [0.29, 0.717) is 39.4 Å². The molecule has 0 unspecified atom stereocenters. The average Bonchev–Trinajstić information content (AvgIpc) is 3.21. The Labute approximate surface area is 166 Å². The maximum absolute atomic E-state index is 13.4. The number of rotatable bonds is 3. The van der Waals surface area contributed by atoms with Gasteiger partial charge < -0.3 is 9.32 Å². The van der Waals surface area contributed by atoms with E-state index < -0.39 is 0 Å². The molecule has 1 aromatic carbocycles. The first-order valence-corrected chi connectivity index (χ1v) is 10.3. The van der Waals surface area contributed by atoms with Gasteiger partial charge in [0.1, 0.15) is 5.03 Å². The van der Waals surface area contributed by atoms with Crippen LogP contribution in [0, 0.1) is 6.92 Å². The van der Waals surface area contributed by atoms with Crippen LogP contribution in [-0.2, 0) is 6.42 Å². The summed E-state index contributed by atoms with van der Waals surface area (Å²) in [5.41, 5.74) is 3.20. The molecule has 0 spiro atoms. The van der Waals surface area contributed by atoms with Crippen LogP contribution in [0.2, 0.25) is 5.02 Å². The minimum absolute atomic E-state index is 0.0777. The SMILES string of the molecule is CSc1nc(-c2ccco2)nc(C)c1C(=O)N1CCCc2cc(Cl)ccc21. The molecule has 3 heterocycles. The molecule has 1 aliphatic rings. The Morgan fingerprint density at radius 2 is 2.15 bits per heavy atom. The lowest BCUT2D eigenvalue weighted by molar-refractivity contribution is 0.0980. The van der Waals surface area contributed by atoms with Crippen molar-refractivity contribution in [3.63, 3.8) is 0 Å². The highest BCUT2D eigenvalue weighted by molar-refractivity contribution is 7.98. The fraction of sp³-hybridized carbons (Fsp3) is 0.250. The number of aryl methyl sites for hydroxylation is 2. The highest BCUT2D eigenvalue weighted by Crippen LogP contribution is 2.33. The lowest BCUT2D eigenvalue weighted by Gasteiger charge is -2.30. The third kappa shape index (κ3) is 3.35. The molecule has 0 saturated carbocycles. The topological polar surface area (TPSA) is 59.2 Å². The maximum Gasteiger partial charge on any atom is 0.262 e. The summed E-state index contributed by atoms with van der Waals surface area (Å²) >= 11 is 7.56. The van der Waals surface area contributed by atoms with Crippen LogP contribution < -0.4 is 4.90 Å². The summed E-state index contributed by atoms with van der Waals surface area (Å²) in [6.45, 7) is 2.51. The van der Waals surface area contributed by atoms with Crippen LogP contribution in [0.5, 0.6) is 0 Å². The van der Waals surface area contributed by atoms with E-state index in [2.05, 4.69) is 9.97 Å². The molecule has 0 fully saturated rings. The summed E-state index contributed by atoms with van der Waals surface area (Å²) in [7, 11) is 0. The maximum atomic E-state index is 13.4.